The van der Waals surface area contributed by atoms with Crippen LogP contribution in [0, 0.1) is 5.92 Å². The van der Waals surface area contributed by atoms with E-state index < -0.39 is 16.1 Å². The van der Waals surface area contributed by atoms with Gasteiger partial charge >= 0.3 is 0 Å². The molecule has 1 aromatic carbocycles. The number of nitrogens with one attached hydrogen (secondary N) is 2. The number of carbonyl (C=O) groups excluding carboxylic acids is 1. The monoisotopic (exact) mass is 353 g/mol. The molecule has 6 nitrogen and oxygen atoms in total. The van der Waals surface area contributed by atoms with Crippen LogP contribution in [0.3, 0.4) is 0 Å². The predicted octanol–water partition coefficient (Wildman–Crippen LogP) is 2.68. The zero-order valence-corrected chi connectivity index (χ0v) is 14.9. The van der Waals surface area contributed by atoms with E-state index in [1.54, 1.807) is 31.2 Å². The molecule has 1 saturated carbocycles. The summed E-state index contributed by atoms with van der Waals surface area (Å²) in [6.07, 6.45) is 6.79. The SMILES string of the molecule is CCS(=O)(=O)Nc1ccc(NC(=O)C(N)CC2CCCCC2)cc1. The van der Waals surface area contributed by atoms with Crippen LogP contribution in [0.2, 0.25) is 0 Å². The molecule has 134 valence electrons. The highest BCUT2D eigenvalue weighted by molar-refractivity contribution is 7.92. The van der Waals surface area contributed by atoms with E-state index in [0.29, 0.717) is 17.3 Å². The molecule has 1 fully saturated rings. The van der Waals surface area contributed by atoms with E-state index in [9.17, 15) is 13.2 Å². The van der Waals surface area contributed by atoms with Crippen molar-refractivity contribution in [3.8, 4) is 0 Å². The van der Waals surface area contributed by atoms with Gasteiger partial charge < -0.3 is 11.1 Å². The van der Waals surface area contributed by atoms with Gasteiger partial charge in [0.1, 0.15) is 0 Å². The van der Waals surface area contributed by atoms with Gasteiger partial charge in [-0.05, 0) is 43.5 Å². The lowest BCUT2D eigenvalue weighted by atomic mass is 9.85. The third kappa shape index (κ3) is 5.79. The first-order valence-electron chi connectivity index (χ1n) is 8.56. The number of rotatable bonds is 7. The van der Waals surface area contributed by atoms with E-state index >= 15 is 0 Å². The van der Waals surface area contributed by atoms with Crippen LogP contribution in [0.4, 0.5) is 11.4 Å². The average molecular weight is 353 g/mol. The molecule has 1 atom stereocenters. The summed E-state index contributed by atoms with van der Waals surface area (Å²) in [5.41, 5.74) is 7.11. The Balaban J connectivity index is 1.86. The molecule has 1 amide bonds. The van der Waals surface area contributed by atoms with E-state index in [-0.39, 0.29) is 11.7 Å². The number of anilines is 2. The topological polar surface area (TPSA) is 101 Å². The van der Waals surface area contributed by atoms with Crippen molar-refractivity contribution in [1.82, 2.24) is 0 Å². The number of benzene rings is 1. The Morgan fingerprint density at radius 3 is 2.33 bits per heavy atom. The fraction of sp³-hybridized carbons (Fsp3) is 0.588. The fourth-order valence-corrected chi connectivity index (χ4v) is 3.64. The maximum absolute atomic E-state index is 12.2. The van der Waals surface area contributed by atoms with Gasteiger partial charge in [-0.1, -0.05) is 32.1 Å². The van der Waals surface area contributed by atoms with Crippen LogP contribution in [0.1, 0.15) is 45.4 Å². The van der Waals surface area contributed by atoms with E-state index in [2.05, 4.69) is 10.0 Å². The van der Waals surface area contributed by atoms with Gasteiger partial charge in [0.05, 0.1) is 11.8 Å². The molecule has 0 saturated heterocycles. The van der Waals surface area contributed by atoms with Crippen molar-refractivity contribution in [1.29, 1.82) is 0 Å². The fourth-order valence-electron chi connectivity index (χ4n) is 3.00. The lowest BCUT2D eigenvalue weighted by Crippen LogP contribution is -2.37. The van der Waals surface area contributed by atoms with Crippen molar-refractivity contribution in [2.45, 2.75) is 51.5 Å². The van der Waals surface area contributed by atoms with Crippen LogP contribution in [0.25, 0.3) is 0 Å². The minimum absolute atomic E-state index is 0.0154. The lowest BCUT2D eigenvalue weighted by molar-refractivity contribution is -0.117. The lowest BCUT2D eigenvalue weighted by Gasteiger charge is -2.24. The summed E-state index contributed by atoms with van der Waals surface area (Å²) < 4.78 is 25.5. The standard InChI is InChI=1S/C17H27N3O3S/c1-2-24(22,23)20-15-10-8-14(9-11-15)19-17(21)16(18)12-13-6-4-3-5-7-13/h8-11,13,16,20H,2-7,12,18H2,1H3,(H,19,21). The number of hydrogen-bond acceptors (Lipinski definition) is 4. The largest absolute Gasteiger partial charge is 0.325 e. The normalized spacial score (nSPS) is 17.2. The van der Waals surface area contributed by atoms with Gasteiger partial charge in [-0.2, -0.15) is 0 Å². The van der Waals surface area contributed by atoms with E-state index in [0.717, 1.165) is 19.3 Å². The minimum Gasteiger partial charge on any atom is -0.325 e. The third-order valence-electron chi connectivity index (χ3n) is 4.45. The summed E-state index contributed by atoms with van der Waals surface area (Å²) in [4.78, 5) is 12.2. The van der Waals surface area contributed by atoms with Gasteiger partial charge in [-0.3, -0.25) is 9.52 Å². The second-order valence-electron chi connectivity index (χ2n) is 6.42. The molecular weight excluding hydrogens is 326 g/mol. The number of amides is 1. The Hall–Kier alpha value is -1.60. The number of sulfonamides is 1. The summed E-state index contributed by atoms with van der Waals surface area (Å²) in [6.45, 7) is 1.57. The van der Waals surface area contributed by atoms with Gasteiger partial charge in [0, 0.05) is 11.4 Å². The molecule has 1 aromatic rings. The average Bonchev–Trinajstić information content (AvgIpc) is 2.57. The Morgan fingerprint density at radius 1 is 1.17 bits per heavy atom. The van der Waals surface area contributed by atoms with Gasteiger partial charge in [0.15, 0.2) is 0 Å². The summed E-state index contributed by atoms with van der Waals surface area (Å²) in [5.74, 6) is 0.370. The van der Waals surface area contributed by atoms with Crippen LogP contribution < -0.4 is 15.8 Å². The second kappa shape index (κ2) is 8.48. The molecule has 1 unspecified atom stereocenters. The van der Waals surface area contributed by atoms with Gasteiger partial charge in [0.25, 0.3) is 0 Å². The Morgan fingerprint density at radius 2 is 1.75 bits per heavy atom. The Kier molecular flexibility index (Phi) is 6.62. The van der Waals surface area contributed by atoms with E-state index in [1.165, 1.54) is 19.3 Å². The molecule has 2 rings (SSSR count). The third-order valence-corrected chi connectivity index (χ3v) is 5.76. The summed E-state index contributed by atoms with van der Waals surface area (Å²) in [5, 5.41) is 2.79. The molecule has 0 radical (unpaired) electrons. The van der Waals surface area contributed by atoms with Crippen molar-refractivity contribution in [3.63, 3.8) is 0 Å². The highest BCUT2D eigenvalue weighted by Gasteiger charge is 2.21. The molecule has 1 aliphatic rings. The molecule has 0 aromatic heterocycles. The molecule has 4 N–H and O–H groups in total. The predicted molar refractivity (Wildman–Crippen MR) is 97.3 cm³/mol. The van der Waals surface area contributed by atoms with Gasteiger partial charge in [-0.25, -0.2) is 8.42 Å². The van der Waals surface area contributed by atoms with Crippen molar-refractivity contribution in [3.05, 3.63) is 24.3 Å². The summed E-state index contributed by atoms with van der Waals surface area (Å²) >= 11 is 0. The van der Waals surface area contributed by atoms with E-state index in [4.69, 9.17) is 5.73 Å². The Labute approximate surface area is 144 Å². The minimum atomic E-state index is -3.30. The Bertz CT molecular complexity index is 638. The molecule has 0 bridgehead atoms. The van der Waals surface area contributed by atoms with Crippen molar-refractivity contribution >= 4 is 27.3 Å². The second-order valence-corrected chi connectivity index (χ2v) is 8.43. The maximum Gasteiger partial charge on any atom is 0.241 e. The molecule has 1 aliphatic carbocycles. The number of hydrogen-bond donors (Lipinski definition) is 3. The molecule has 0 aliphatic heterocycles. The van der Waals surface area contributed by atoms with Crippen LogP contribution in [-0.2, 0) is 14.8 Å². The van der Waals surface area contributed by atoms with Crippen LogP contribution in [0.5, 0.6) is 0 Å². The molecule has 0 heterocycles. The summed E-state index contributed by atoms with van der Waals surface area (Å²) in [6, 6.07) is 6.06. The highest BCUT2D eigenvalue weighted by Crippen LogP contribution is 2.27. The van der Waals surface area contributed by atoms with Gasteiger partial charge in [-0.15, -0.1) is 0 Å². The van der Waals surface area contributed by atoms with Crippen LogP contribution in [-0.4, -0.2) is 26.1 Å². The smallest absolute Gasteiger partial charge is 0.241 e. The molecule has 24 heavy (non-hydrogen) atoms. The zero-order valence-electron chi connectivity index (χ0n) is 14.1. The number of carbonyl (C=O) groups is 1. The zero-order chi connectivity index (χ0) is 17.6. The van der Waals surface area contributed by atoms with Crippen molar-refractivity contribution in [2.24, 2.45) is 11.7 Å². The highest BCUT2D eigenvalue weighted by atomic mass is 32.2. The first-order valence-corrected chi connectivity index (χ1v) is 10.2. The summed E-state index contributed by atoms with van der Waals surface area (Å²) in [7, 11) is -3.30. The van der Waals surface area contributed by atoms with Gasteiger partial charge in [0.2, 0.25) is 15.9 Å². The first-order chi connectivity index (χ1) is 11.4. The van der Waals surface area contributed by atoms with Crippen LogP contribution >= 0.6 is 0 Å². The van der Waals surface area contributed by atoms with Crippen molar-refractivity contribution in [2.75, 3.05) is 15.8 Å². The molecule has 7 heteroatoms. The van der Waals surface area contributed by atoms with E-state index in [1.807, 2.05) is 0 Å². The molecular formula is C17H27N3O3S. The maximum atomic E-state index is 12.2. The van der Waals surface area contributed by atoms with Crippen molar-refractivity contribution < 1.29 is 13.2 Å². The first kappa shape index (κ1) is 18.7. The number of nitrogens with two attached hydrogens (primary N) is 1. The molecule has 0 spiro atoms. The van der Waals surface area contributed by atoms with Crippen LogP contribution in [0.15, 0.2) is 24.3 Å². The quantitative estimate of drug-likeness (QED) is 0.701.